The molecule has 2 aliphatic heterocycles. The van der Waals surface area contributed by atoms with Gasteiger partial charge in [0.1, 0.15) is 0 Å². The Morgan fingerprint density at radius 3 is 3.00 bits per heavy atom. The third-order valence-corrected chi connectivity index (χ3v) is 3.22. The molecule has 2 heteroatoms. The van der Waals surface area contributed by atoms with Crippen LogP contribution in [-0.4, -0.2) is 25.3 Å². The van der Waals surface area contributed by atoms with Crippen LogP contribution >= 0.6 is 0 Å². The highest BCUT2D eigenvalue weighted by Gasteiger charge is 2.42. The zero-order valence-corrected chi connectivity index (χ0v) is 7.39. The first-order valence-electron chi connectivity index (χ1n) is 4.53. The van der Waals surface area contributed by atoms with Gasteiger partial charge < -0.3 is 10.1 Å². The molecular formula is C9H17NO. The molecule has 0 spiro atoms. The van der Waals surface area contributed by atoms with Crippen molar-refractivity contribution >= 4 is 0 Å². The molecule has 2 rings (SSSR count). The van der Waals surface area contributed by atoms with Crippen molar-refractivity contribution in [2.24, 2.45) is 11.8 Å². The Kier molecular flexibility index (Phi) is 1.69. The second kappa shape index (κ2) is 2.46. The zero-order valence-electron chi connectivity index (χ0n) is 7.39. The Hall–Kier alpha value is -0.0800. The van der Waals surface area contributed by atoms with E-state index in [-0.39, 0.29) is 0 Å². The quantitative estimate of drug-likeness (QED) is 0.564. The molecule has 0 amide bonds. The lowest BCUT2D eigenvalue weighted by Crippen LogP contribution is -2.40. The van der Waals surface area contributed by atoms with Gasteiger partial charge in [-0.25, -0.2) is 0 Å². The van der Waals surface area contributed by atoms with Gasteiger partial charge in [-0.05, 0) is 32.1 Å². The van der Waals surface area contributed by atoms with Crippen molar-refractivity contribution in [2.75, 3.05) is 19.8 Å². The van der Waals surface area contributed by atoms with Crippen molar-refractivity contribution in [1.82, 2.24) is 5.32 Å². The van der Waals surface area contributed by atoms with E-state index < -0.39 is 0 Å². The normalized spacial score (nSPS) is 42.0. The molecule has 2 aliphatic rings. The van der Waals surface area contributed by atoms with E-state index in [1.807, 2.05) is 0 Å². The molecule has 2 nitrogen and oxygen atoms in total. The molecule has 0 saturated carbocycles. The molecule has 0 aliphatic carbocycles. The van der Waals surface area contributed by atoms with E-state index in [0.717, 1.165) is 31.6 Å². The van der Waals surface area contributed by atoms with Crippen molar-refractivity contribution in [1.29, 1.82) is 0 Å². The number of hydrogen-bond donors (Lipinski definition) is 1. The summed E-state index contributed by atoms with van der Waals surface area (Å²) in [4.78, 5) is 0. The van der Waals surface area contributed by atoms with Crippen LogP contribution in [0.3, 0.4) is 0 Å². The minimum atomic E-state index is 0.356. The SMILES string of the molecule is CC1(C)NCC2COCCC21. The third-order valence-electron chi connectivity index (χ3n) is 3.22. The molecule has 0 bridgehead atoms. The fourth-order valence-corrected chi connectivity index (χ4v) is 2.47. The molecular weight excluding hydrogens is 138 g/mol. The Morgan fingerprint density at radius 1 is 1.45 bits per heavy atom. The van der Waals surface area contributed by atoms with Crippen molar-refractivity contribution in [2.45, 2.75) is 25.8 Å². The maximum Gasteiger partial charge on any atom is 0.0509 e. The number of fused-ring (bicyclic) bond motifs is 1. The minimum Gasteiger partial charge on any atom is -0.381 e. The predicted octanol–water partition coefficient (Wildman–Crippen LogP) is 1.02. The summed E-state index contributed by atoms with van der Waals surface area (Å²) in [5, 5.41) is 3.56. The van der Waals surface area contributed by atoms with Gasteiger partial charge in [0.05, 0.1) is 6.61 Å². The maximum atomic E-state index is 5.44. The molecule has 2 unspecified atom stereocenters. The van der Waals surface area contributed by atoms with Crippen molar-refractivity contribution in [3.63, 3.8) is 0 Å². The van der Waals surface area contributed by atoms with Gasteiger partial charge in [-0.1, -0.05) is 0 Å². The highest BCUT2D eigenvalue weighted by atomic mass is 16.5. The lowest BCUT2D eigenvalue weighted by molar-refractivity contribution is 0.0212. The van der Waals surface area contributed by atoms with Gasteiger partial charge in [-0.15, -0.1) is 0 Å². The lowest BCUT2D eigenvalue weighted by Gasteiger charge is -2.33. The Labute approximate surface area is 68.3 Å². The number of hydrogen-bond acceptors (Lipinski definition) is 2. The largest absolute Gasteiger partial charge is 0.381 e. The lowest BCUT2D eigenvalue weighted by atomic mass is 9.80. The summed E-state index contributed by atoms with van der Waals surface area (Å²) in [7, 11) is 0. The van der Waals surface area contributed by atoms with Gasteiger partial charge in [-0.2, -0.15) is 0 Å². The maximum absolute atomic E-state index is 5.44. The molecule has 11 heavy (non-hydrogen) atoms. The van der Waals surface area contributed by atoms with Gasteiger partial charge in [0.25, 0.3) is 0 Å². The first kappa shape index (κ1) is 7.56. The number of rotatable bonds is 0. The van der Waals surface area contributed by atoms with E-state index in [1.54, 1.807) is 0 Å². The summed E-state index contributed by atoms with van der Waals surface area (Å²) >= 11 is 0. The van der Waals surface area contributed by atoms with Crippen LogP contribution in [-0.2, 0) is 4.74 Å². The second-order valence-electron chi connectivity index (χ2n) is 4.33. The predicted molar refractivity (Wildman–Crippen MR) is 44.5 cm³/mol. The summed E-state index contributed by atoms with van der Waals surface area (Å²) in [5.74, 6) is 1.62. The fourth-order valence-electron chi connectivity index (χ4n) is 2.47. The summed E-state index contributed by atoms with van der Waals surface area (Å²) in [6.45, 7) is 7.71. The molecule has 2 heterocycles. The monoisotopic (exact) mass is 155 g/mol. The topological polar surface area (TPSA) is 21.3 Å². The molecule has 0 radical (unpaired) electrons. The van der Waals surface area contributed by atoms with Gasteiger partial charge in [0, 0.05) is 18.7 Å². The van der Waals surface area contributed by atoms with Crippen LogP contribution in [0.2, 0.25) is 0 Å². The minimum absolute atomic E-state index is 0.356. The van der Waals surface area contributed by atoms with Gasteiger partial charge >= 0.3 is 0 Å². The smallest absolute Gasteiger partial charge is 0.0509 e. The van der Waals surface area contributed by atoms with E-state index in [9.17, 15) is 0 Å². The van der Waals surface area contributed by atoms with E-state index in [1.165, 1.54) is 6.42 Å². The zero-order chi connectivity index (χ0) is 7.90. The summed E-state index contributed by atoms with van der Waals surface area (Å²) in [6, 6.07) is 0. The van der Waals surface area contributed by atoms with Crippen LogP contribution in [0.1, 0.15) is 20.3 Å². The molecule has 2 saturated heterocycles. The van der Waals surface area contributed by atoms with E-state index in [0.29, 0.717) is 5.54 Å². The van der Waals surface area contributed by atoms with Crippen LogP contribution < -0.4 is 5.32 Å². The van der Waals surface area contributed by atoms with Crippen molar-refractivity contribution < 1.29 is 4.74 Å². The summed E-state index contributed by atoms with van der Waals surface area (Å²) in [5.41, 5.74) is 0.356. The first-order valence-corrected chi connectivity index (χ1v) is 4.53. The van der Waals surface area contributed by atoms with E-state index in [4.69, 9.17) is 4.74 Å². The van der Waals surface area contributed by atoms with Crippen molar-refractivity contribution in [3.05, 3.63) is 0 Å². The van der Waals surface area contributed by atoms with Crippen LogP contribution in [0.5, 0.6) is 0 Å². The molecule has 0 aromatic carbocycles. The van der Waals surface area contributed by atoms with Crippen LogP contribution in [0.15, 0.2) is 0 Å². The molecule has 1 N–H and O–H groups in total. The summed E-state index contributed by atoms with van der Waals surface area (Å²) < 4.78 is 5.44. The summed E-state index contributed by atoms with van der Waals surface area (Å²) in [6.07, 6.45) is 1.24. The average molecular weight is 155 g/mol. The Morgan fingerprint density at radius 2 is 2.27 bits per heavy atom. The van der Waals surface area contributed by atoms with Gasteiger partial charge in [0.2, 0.25) is 0 Å². The molecule has 0 aromatic rings. The Bertz CT molecular complexity index is 156. The van der Waals surface area contributed by atoms with Crippen LogP contribution in [0.25, 0.3) is 0 Å². The molecule has 0 aromatic heterocycles. The average Bonchev–Trinajstić information content (AvgIpc) is 2.29. The number of nitrogens with one attached hydrogen (secondary N) is 1. The highest BCUT2D eigenvalue weighted by Crippen LogP contribution is 2.36. The van der Waals surface area contributed by atoms with E-state index in [2.05, 4.69) is 19.2 Å². The van der Waals surface area contributed by atoms with Crippen molar-refractivity contribution in [3.8, 4) is 0 Å². The highest BCUT2D eigenvalue weighted by molar-refractivity contribution is 4.98. The molecule has 2 atom stereocenters. The Balaban J connectivity index is 2.10. The first-order chi connectivity index (χ1) is 5.20. The standard InChI is InChI=1S/C9H17NO/c1-9(2)8-3-4-11-6-7(8)5-10-9/h7-8,10H,3-6H2,1-2H3. The molecule has 64 valence electrons. The third kappa shape index (κ3) is 1.18. The molecule has 2 fully saturated rings. The van der Waals surface area contributed by atoms with E-state index >= 15 is 0 Å². The number of ether oxygens (including phenoxy) is 1. The fraction of sp³-hybridized carbons (Fsp3) is 1.00. The van der Waals surface area contributed by atoms with Crippen LogP contribution in [0, 0.1) is 11.8 Å². The second-order valence-corrected chi connectivity index (χ2v) is 4.33. The van der Waals surface area contributed by atoms with Crippen LogP contribution in [0.4, 0.5) is 0 Å². The van der Waals surface area contributed by atoms with Gasteiger partial charge in [0.15, 0.2) is 0 Å². The van der Waals surface area contributed by atoms with Gasteiger partial charge in [-0.3, -0.25) is 0 Å².